The lowest BCUT2D eigenvalue weighted by molar-refractivity contribution is -0.121. The minimum Gasteiger partial charge on any atom is -0.335 e. The highest BCUT2D eigenvalue weighted by Crippen LogP contribution is 2.21. The molecule has 0 aliphatic carbocycles. The van der Waals surface area contributed by atoms with Crippen molar-refractivity contribution in [2.45, 2.75) is 26.2 Å². The highest BCUT2D eigenvalue weighted by atomic mass is 32.2. The Hall–Kier alpha value is -1.87. The van der Waals surface area contributed by atoms with Gasteiger partial charge in [-0.25, -0.2) is 13.8 Å². The number of hydrazone groups is 1. The third-order valence-corrected chi connectivity index (χ3v) is 7.33. The molecule has 1 fully saturated rings. The molecule has 1 aromatic carbocycles. The minimum absolute atomic E-state index is 0.0984. The van der Waals surface area contributed by atoms with Gasteiger partial charge in [0.2, 0.25) is 5.91 Å². The Kier molecular flexibility index (Phi) is 6.54. The molecule has 1 aromatic rings. The van der Waals surface area contributed by atoms with Crippen LogP contribution in [0.5, 0.6) is 0 Å². The molecular formula is C18H24N4O3S2. The summed E-state index contributed by atoms with van der Waals surface area (Å²) in [4.78, 5) is 16.4. The number of nitrogens with zero attached hydrogens (tertiary/aromatic N) is 2. The molecule has 0 spiro atoms. The summed E-state index contributed by atoms with van der Waals surface area (Å²) in [5, 5.41) is 8.38. The fourth-order valence-corrected chi connectivity index (χ4v) is 5.71. The van der Waals surface area contributed by atoms with Gasteiger partial charge in [-0.1, -0.05) is 23.9 Å². The monoisotopic (exact) mass is 408 g/mol. The van der Waals surface area contributed by atoms with Gasteiger partial charge in [0.1, 0.15) is 0 Å². The Morgan fingerprint density at radius 2 is 2.11 bits per heavy atom. The third-order valence-electron chi connectivity index (χ3n) is 4.50. The van der Waals surface area contributed by atoms with E-state index in [-0.39, 0.29) is 29.8 Å². The number of nitrogens with one attached hydrogen (secondary N) is 2. The molecule has 146 valence electrons. The van der Waals surface area contributed by atoms with Crippen LogP contribution in [0.1, 0.15) is 31.7 Å². The molecule has 1 amide bonds. The fourth-order valence-electron chi connectivity index (χ4n) is 3.01. The van der Waals surface area contributed by atoms with E-state index in [1.165, 1.54) is 0 Å². The number of anilines is 1. The van der Waals surface area contributed by atoms with Crippen LogP contribution >= 0.6 is 11.8 Å². The molecule has 2 N–H and O–H groups in total. The first-order chi connectivity index (χ1) is 12.9. The summed E-state index contributed by atoms with van der Waals surface area (Å²) >= 11 is 1.72. The second-order valence-electron chi connectivity index (χ2n) is 6.80. The van der Waals surface area contributed by atoms with Crippen molar-refractivity contribution in [1.29, 1.82) is 0 Å². The molecule has 0 saturated carbocycles. The largest absolute Gasteiger partial charge is 0.335 e. The van der Waals surface area contributed by atoms with Gasteiger partial charge >= 0.3 is 0 Å². The lowest BCUT2D eigenvalue weighted by Gasteiger charge is -2.13. The standard InChI is InChI=1S/C18H24N4O3S2/c1-13(21-22-17(23)11-14-7-10-27(24,25)12-14)15-3-5-16(6-4-15)20-18-19-8-2-9-26-18/h3-6,14H,2,7-12H2,1H3,(H,19,20)(H,22,23)/b21-13-/t14-/m0/s1. The molecule has 3 rings (SSSR count). The van der Waals surface area contributed by atoms with Crippen LogP contribution in [-0.4, -0.2) is 49.0 Å². The highest BCUT2D eigenvalue weighted by molar-refractivity contribution is 8.14. The van der Waals surface area contributed by atoms with Crippen molar-refractivity contribution in [3.05, 3.63) is 29.8 Å². The average molecular weight is 409 g/mol. The first kappa shape index (κ1) is 19.9. The number of carbonyl (C=O) groups is 1. The Morgan fingerprint density at radius 3 is 2.74 bits per heavy atom. The van der Waals surface area contributed by atoms with Crippen LogP contribution in [0.3, 0.4) is 0 Å². The molecule has 1 atom stereocenters. The van der Waals surface area contributed by atoms with E-state index in [9.17, 15) is 13.2 Å². The molecule has 27 heavy (non-hydrogen) atoms. The molecule has 7 nitrogen and oxygen atoms in total. The van der Waals surface area contributed by atoms with E-state index in [0.717, 1.165) is 35.1 Å². The summed E-state index contributed by atoms with van der Waals surface area (Å²) in [5.74, 6) is 1.01. The lowest BCUT2D eigenvalue weighted by atomic mass is 10.1. The maximum Gasteiger partial charge on any atom is 0.240 e. The SMILES string of the molecule is C/C(=N/NC(=O)C[C@@H]1CCS(=O)(=O)C1)c1ccc(NC2=NCCCS2)cc1. The van der Waals surface area contributed by atoms with Crippen LogP contribution in [0.25, 0.3) is 0 Å². The number of sulfone groups is 1. The number of aliphatic imine (C=N–C) groups is 1. The first-order valence-electron chi connectivity index (χ1n) is 8.99. The number of benzene rings is 1. The van der Waals surface area contributed by atoms with Gasteiger partial charge in [-0.2, -0.15) is 5.10 Å². The Labute approximate surface area is 164 Å². The van der Waals surface area contributed by atoms with Crippen molar-refractivity contribution in [1.82, 2.24) is 5.43 Å². The Morgan fingerprint density at radius 1 is 1.33 bits per heavy atom. The second-order valence-corrected chi connectivity index (χ2v) is 10.1. The van der Waals surface area contributed by atoms with E-state index < -0.39 is 9.84 Å². The molecule has 0 unspecified atom stereocenters. The smallest absolute Gasteiger partial charge is 0.240 e. The number of amidine groups is 1. The molecule has 2 aliphatic rings. The van der Waals surface area contributed by atoms with Crippen molar-refractivity contribution < 1.29 is 13.2 Å². The van der Waals surface area contributed by atoms with Gasteiger partial charge in [0, 0.05) is 24.4 Å². The van der Waals surface area contributed by atoms with Crippen molar-refractivity contribution in [2.75, 3.05) is 29.1 Å². The minimum atomic E-state index is -2.96. The van der Waals surface area contributed by atoms with Gasteiger partial charge < -0.3 is 5.32 Å². The highest BCUT2D eigenvalue weighted by Gasteiger charge is 2.29. The van der Waals surface area contributed by atoms with Crippen molar-refractivity contribution in [3.63, 3.8) is 0 Å². The van der Waals surface area contributed by atoms with Crippen molar-refractivity contribution in [3.8, 4) is 0 Å². The number of thioether (sulfide) groups is 1. The van der Waals surface area contributed by atoms with E-state index in [4.69, 9.17) is 0 Å². The molecule has 0 aromatic heterocycles. The van der Waals surface area contributed by atoms with E-state index in [0.29, 0.717) is 12.1 Å². The summed E-state index contributed by atoms with van der Waals surface area (Å²) in [7, 11) is -2.96. The van der Waals surface area contributed by atoms with Crippen molar-refractivity contribution in [2.24, 2.45) is 16.0 Å². The average Bonchev–Trinajstić information content (AvgIpc) is 2.99. The zero-order valence-corrected chi connectivity index (χ0v) is 16.9. The lowest BCUT2D eigenvalue weighted by Crippen LogP contribution is -2.22. The normalized spacial score (nSPS) is 22.2. The zero-order valence-electron chi connectivity index (χ0n) is 15.3. The van der Waals surface area contributed by atoms with Gasteiger partial charge in [0.15, 0.2) is 15.0 Å². The summed E-state index contributed by atoms with van der Waals surface area (Å²) in [6.07, 6.45) is 1.86. The maximum absolute atomic E-state index is 12.0. The zero-order chi connectivity index (χ0) is 19.3. The Balaban J connectivity index is 1.51. The van der Waals surface area contributed by atoms with Crippen LogP contribution in [0.4, 0.5) is 5.69 Å². The molecule has 1 saturated heterocycles. The van der Waals surface area contributed by atoms with Crippen molar-refractivity contribution >= 4 is 44.1 Å². The van der Waals surface area contributed by atoms with Crippen LogP contribution < -0.4 is 10.7 Å². The van der Waals surface area contributed by atoms with Gasteiger partial charge in [-0.3, -0.25) is 9.79 Å². The summed E-state index contributed by atoms with van der Waals surface area (Å²) in [5.41, 5.74) is 5.09. The van der Waals surface area contributed by atoms with E-state index in [1.807, 2.05) is 31.2 Å². The van der Waals surface area contributed by atoms with Crippen LogP contribution in [0, 0.1) is 5.92 Å². The van der Waals surface area contributed by atoms with Gasteiger partial charge in [-0.05, 0) is 43.4 Å². The molecule has 2 heterocycles. The number of rotatable bonds is 5. The van der Waals surface area contributed by atoms with Gasteiger partial charge in [0.25, 0.3) is 0 Å². The third kappa shape index (κ3) is 6.07. The first-order valence-corrected chi connectivity index (χ1v) is 11.8. The topological polar surface area (TPSA) is 100.0 Å². The predicted molar refractivity (Wildman–Crippen MR) is 111 cm³/mol. The number of hydrogen-bond donors (Lipinski definition) is 2. The number of amides is 1. The number of carbonyl (C=O) groups excluding carboxylic acids is 1. The van der Waals surface area contributed by atoms with Crippen LogP contribution in [0.15, 0.2) is 34.4 Å². The molecule has 9 heteroatoms. The second kappa shape index (κ2) is 8.88. The summed E-state index contributed by atoms with van der Waals surface area (Å²) in [6, 6.07) is 7.78. The van der Waals surface area contributed by atoms with Crippen LogP contribution in [0.2, 0.25) is 0 Å². The Bertz CT molecular complexity index is 848. The van der Waals surface area contributed by atoms with E-state index >= 15 is 0 Å². The molecule has 0 radical (unpaired) electrons. The van der Waals surface area contributed by atoms with Gasteiger partial charge in [-0.15, -0.1) is 0 Å². The fraction of sp³-hybridized carbons (Fsp3) is 0.500. The van der Waals surface area contributed by atoms with Gasteiger partial charge in [0.05, 0.1) is 17.2 Å². The molecule has 0 bridgehead atoms. The summed E-state index contributed by atoms with van der Waals surface area (Å²) in [6.45, 7) is 2.69. The predicted octanol–water partition coefficient (Wildman–Crippen LogP) is 2.26. The molecular weight excluding hydrogens is 384 g/mol. The molecule has 2 aliphatic heterocycles. The van der Waals surface area contributed by atoms with Crippen LogP contribution in [-0.2, 0) is 14.6 Å². The van der Waals surface area contributed by atoms with E-state index in [1.54, 1.807) is 11.8 Å². The van der Waals surface area contributed by atoms with E-state index in [2.05, 4.69) is 20.8 Å². The maximum atomic E-state index is 12.0. The summed E-state index contributed by atoms with van der Waals surface area (Å²) < 4.78 is 22.9. The number of hydrogen-bond acceptors (Lipinski definition) is 7. The quantitative estimate of drug-likeness (QED) is 0.575.